The minimum Gasteiger partial charge on any atom is -0.434 e. The molecule has 0 amide bonds. The number of benzene rings is 1. The summed E-state index contributed by atoms with van der Waals surface area (Å²) in [7, 11) is -1.30. The Morgan fingerprint density at radius 2 is 2.00 bits per heavy atom. The van der Waals surface area contributed by atoms with Gasteiger partial charge < -0.3 is 19.9 Å². The zero-order chi connectivity index (χ0) is 25.9. The van der Waals surface area contributed by atoms with Gasteiger partial charge in [0.1, 0.15) is 12.5 Å². The molecular formula is C23H27F2IN6O3Si. The number of nitrogens with zero attached hydrogens (tertiary/aromatic N) is 5. The van der Waals surface area contributed by atoms with Crippen molar-refractivity contribution in [2.24, 2.45) is 0 Å². The molecule has 0 radical (unpaired) electrons. The van der Waals surface area contributed by atoms with E-state index in [4.69, 9.17) is 9.47 Å². The van der Waals surface area contributed by atoms with E-state index in [0.717, 1.165) is 9.61 Å². The van der Waals surface area contributed by atoms with Gasteiger partial charge >= 0.3 is 6.61 Å². The van der Waals surface area contributed by atoms with Crippen LogP contribution in [0.2, 0.25) is 25.7 Å². The van der Waals surface area contributed by atoms with Crippen LogP contribution < -0.4 is 10.1 Å². The van der Waals surface area contributed by atoms with Gasteiger partial charge in [-0.25, -0.2) is 14.2 Å². The number of fused-ring (bicyclic) bond motifs is 1. The molecule has 13 heteroatoms. The second kappa shape index (κ2) is 11.2. The topological polar surface area (TPSA) is 98.7 Å². The van der Waals surface area contributed by atoms with Gasteiger partial charge in [0.25, 0.3) is 0 Å². The third kappa shape index (κ3) is 6.38. The first-order valence-corrected chi connectivity index (χ1v) is 16.0. The van der Waals surface area contributed by atoms with E-state index in [-0.39, 0.29) is 12.5 Å². The zero-order valence-electron chi connectivity index (χ0n) is 20.0. The average Bonchev–Trinajstić information content (AvgIpc) is 3.41. The Labute approximate surface area is 221 Å². The molecule has 0 spiro atoms. The molecule has 3 aromatic heterocycles. The quantitative estimate of drug-likeness (QED) is 0.102. The van der Waals surface area contributed by atoms with E-state index in [0.29, 0.717) is 34.8 Å². The molecule has 0 bridgehead atoms. The van der Waals surface area contributed by atoms with Crippen molar-refractivity contribution < 1.29 is 23.4 Å². The van der Waals surface area contributed by atoms with Crippen LogP contribution in [0.1, 0.15) is 11.8 Å². The van der Waals surface area contributed by atoms with E-state index in [2.05, 4.69) is 62.7 Å². The van der Waals surface area contributed by atoms with Crippen molar-refractivity contribution in [3.63, 3.8) is 0 Å². The van der Waals surface area contributed by atoms with Crippen molar-refractivity contribution in [2.75, 3.05) is 11.9 Å². The Hall–Kier alpha value is -2.62. The summed E-state index contributed by atoms with van der Waals surface area (Å²) in [6.45, 7) is 4.44. The molecule has 4 rings (SSSR count). The minimum absolute atomic E-state index is 0.00976. The third-order valence-electron chi connectivity index (χ3n) is 5.36. The highest BCUT2D eigenvalue weighted by atomic mass is 127. The van der Waals surface area contributed by atoms with Crippen LogP contribution in [0, 0.1) is 3.57 Å². The number of alkyl halides is 2. The zero-order valence-corrected chi connectivity index (χ0v) is 23.2. The average molecular weight is 628 g/mol. The maximum absolute atomic E-state index is 13.2. The Kier molecular flexibility index (Phi) is 8.22. The first-order valence-electron chi connectivity index (χ1n) is 11.2. The summed E-state index contributed by atoms with van der Waals surface area (Å²) in [6, 6.07) is 7.59. The van der Waals surface area contributed by atoms with Gasteiger partial charge in [-0.15, -0.1) is 0 Å². The summed E-state index contributed by atoms with van der Waals surface area (Å²) >= 11 is 2.10. The Morgan fingerprint density at radius 1 is 1.19 bits per heavy atom. The Morgan fingerprint density at radius 3 is 2.75 bits per heavy atom. The maximum atomic E-state index is 13.2. The Balaban J connectivity index is 1.69. The molecule has 36 heavy (non-hydrogen) atoms. The van der Waals surface area contributed by atoms with Crippen LogP contribution in [0.25, 0.3) is 16.9 Å². The number of ether oxygens (including phenoxy) is 2. The second-order valence-electron chi connectivity index (χ2n) is 9.31. The first-order chi connectivity index (χ1) is 17.1. The van der Waals surface area contributed by atoms with Gasteiger partial charge in [0.05, 0.1) is 29.3 Å². The van der Waals surface area contributed by atoms with E-state index in [9.17, 15) is 13.9 Å². The number of hydrogen-bond acceptors (Lipinski definition) is 7. The number of aliphatic hydroxyl groups is 1. The summed E-state index contributed by atoms with van der Waals surface area (Å²) in [5.41, 5.74) is 2.18. The van der Waals surface area contributed by atoms with Crippen molar-refractivity contribution in [3.05, 3.63) is 58.2 Å². The predicted octanol–water partition coefficient (Wildman–Crippen LogP) is 5.21. The predicted molar refractivity (Wildman–Crippen MR) is 143 cm³/mol. The van der Waals surface area contributed by atoms with Gasteiger partial charge in [0, 0.05) is 36.2 Å². The van der Waals surface area contributed by atoms with Crippen molar-refractivity contribution in [1.29, 1.82) is 0 Å². The van der Waals surface area contributed by atoms with Gasteiger partial charge in [-0.2, -0.15) is 19.0 Å². The summed E-state index contributed by atoms with van der Waals surface area (Å²) in [4.78, 5) is 4.28. The lowest BCUT2D eigenvalue weighted by atomic mass is 10.1. The van der Waals surface area contributed by atoms with Crippen molar-refractivity contribution in [1.82, 2.24) is 24.4 Å². The molecule has 0 aliphatic rings. The normalized spacial score (nSPS) is 12.9. The van der Waals surface area contributed by atoms with Crippen LogP contribution in [0.15, 0.2) is 49.1 Å². The van der Waals surface area contributed by atoms with Crippen LogP contribution in [-0.2, 0) is 11.5 Å². The monoisotopic (exact) mass is 628 g/mol. The van der Waals surface area contributed by atoms with E-state index >= 15 is 0 Å². The molecular weight excluding hydrogens is 601 g/mol. The summed E-state index contributed by atoms with van der Waals surface area (Å²) in [5.74, 6) is -0.00976. The van der Waals surface area contributed by atoms with Gasteiger partial charge in [0.15, 0.2) is 11.9 Å². The number of anilines is 1. The largest absolute Gasteiger partial charge is 0.434 e. The van der Waals surface area contributed by atoms with Crippen LogP contribution in [0.5, 0.6) is 5.75 Å². The van der Waals surface area contributed by atoms with E-state index in [1.165, 1.54) is 18.5 Å². The SMILES string of the molecule is C[Si](C)(C)CCOCn1ncc(NC(O)c2cnn3cccnc23)c1-c1cc(I)ccc1OC(F)F. The molecule has 0 saturated carbocycles. The van der Waals surface area contributed by atoms with Crippen molar-refractivity contribution in [2.45, 2.75) is 45.3 Å². The van der Waals surface area contributed by atoms with Gasteiger partial charge in [-0.1, -0.05) is 19.6 Å². The van der Waals surface area contributed by atoms with Crippen LogP contribution in [0.3, 0.4) is 0 Å². The third-order valence-corrected chi connectivity index (χ3v) is 7.73. The molecule has 1 atom stereocenters. The summed E-state index contributed by atoms with van der Waals surface area (Å²) in [5, 5.41) is 22.6. The van der Waals surface area contributed by atoms with Crippen LogP contribution >= 0.6 is 22.6 Å². The second-order valence-corrected chi connectivity index (χ2v) is 16.2. The number of aliphatic hydroxyl groups excluding tert-OH is 1. The minimum atomic E-state index is -3.00. The highest BCUT2D eigenvalue weighted by molar-refractivity contribution is 14.1. The smallest absolute Gasteiger partial charge is 0.387 e. The molecule has 0 aliphatic heterocycles. The maximum Gasteiger partial charge on any atom is 0.387 e. The fourth-order valence-corrected chi connectivity index (χ4v) is 4.80. The Bertz CT molecular complexity index is 1330. The van der Waals surface area contributed by atoms with Gasteiger partial charge in [0.2, 0.25) is 0 Å². The molecule has 0 aliphatic carbocycles. The molecule has 192 valence electrons. The van der Waals surface area contributed by atoms with E-state index in [1.54, 1.807) is 39.8 Å². The van der Waals surface area contributed by atoms with Gasteiger partial charge in [-0.3, -0.25) is 0 Å². The molecule has 1 aromatic carbocycles. The number of rotatable bonds is 11. The fraction of sp³-hybridized carbons (Fsp3) is 0.348. The highest BCUT2D eigenvalue weighted by Gasteiger charge is 2.23. The number of nitrogens with one attached hydrogen (secondary N) is 1. The fourth-order valence-electron chi connectivity index (χ4n) is 3.55. The molecule has 3 heterocycles. The number of hydrogen-bond donors (Lipinski definition) is 2. The molecule has 0 fully saturated rings. The molecule has 2 N–H and O–H groups in total. The lowest BCUT2D eigenvalue weighted by Crippen LogP contribution is -2.22. The van der Waals surface area contributed by atoms with E-state index in [1.807, 2.05) is 0 Å². The molecule has 9 nitrogen and oxygen atoms in total. The van der Waals surface area contributed by atoms with Crippen molar-refractivity contribution in [3.8, 4) is 17.0 Å². The van der Waals surface area contributed by atoms with Gasteiger partial charge in [-0.05, 0) is 52.9 Å². The summed E-state index contributed by atoms with van der Waals surface area (Å²) in [6.07, 6.45) is 5.17. The molecule has 0 saturated heterocycles. The van der Waals surface area contributed by atoms with E-state index < -0.39 is 20.9 Å². The first kappa shape index (κ1) is 26.4. The number of halogens is 3. The molecule has 1 unspecified atom stereocenters. The summed E-state index contributed by atoms with van der Waals surface area (Å²) < 4.78 is 41.0. The lowest BCUT2D eigenvalue weighted by molar-refractivity contribution is -0.0495. The van der Waals surface area contributed by atoms with Crippen molar-refractivity contribution >= 4 is 42.0 Å². The van der Waals surface area contributed by atoms with Crippen LogP contribution in [-0.4, -0.2) is 50.8 Å². The molecule has 4 aromatic rings. The lowest BCUT2D eigenvalue weighted by Gasteiger charge is -2.18. The highest BCUT2D eigenvalue weighted by Crippen LogP contribution is 2.38. The standard InChI is InChI=1S/C23H27F2IN6O3Si/c1-36(2,3)10-9-34-14-32-20(16-11-15(26)5-6-19(16)35-23(24)25)18(13-29-32)30-22(33)17-12-28-31-8-4-7-27-21(17)31/h4-8,11-13,22-23,30,33H,9-10,14H2,1-3H3. The van der Waals surface area contributed by atoms with Crippen LogP contribution in [0.4, 0.5) is 14.5 Å². The number of aromatic nitrogens is 5.